The van der Waals surface area contributed by atoms with Gasteiger partial charge in [-0.2, -0.15) is 0 Å². The number of hydrogen-bond donors (Lipinski definition) is 3. The van der Waals surface area contributed by atoms with Crippen molar-refractivity contribution in [2.24, 2.45) is 5.92 Å². The second kappa shape index (κ2) is 7.32. The maximum Gasteiger partial charge on any atom is 0.234 e. The zero-order valence-electron chi connectivity index (χ0n) is 9.02. The average Bonchev–Trinajstić information content (AvgIpc) is 2.12. The summed E-state index contributed by atoms with van der Waals surface area (Å²) in [5.74, 6) is -0.0674. The number of nitrogens with one attached hydrogen (secondary N) is 3. The fraction of sp³-hybridized carbons (Fsp3) is 0.778. The van der Waals surface area contributed by atoms with E-state index in [1.807, 2.05) is 13.8 Å². The van der Waals surface area contributed by atoms with Crippen molar-refractivity contribution in [2.75, 3.05) is 26.7 Å². The highest BCUT2D eigenvalue weighted by Gasteiger charge is 2.05. The molecule has 0 aliphatic rings. The number of hydrogen-bond acceptors (Lipinski definition) is 3. The monoisotopic (exact) mass is 201 g/mol. The maximum atomic E-state index is 11.1. The summed E-state index contributed by atoms with van der Waals surface area (Å²) in [6.45, 7) is 4.91. The Morgan fingerprint density at radius 3 is 2.21 bits per heavy atom. The van der Waals surface area contributed by atoms with Crippen LogP contribution in [0, 0.1) is 5.92 Å². The first-order valence-corrected chi connectivity index (χ1v) is 4.77. The lowest BCUT2D eigenvalue weighted by molar-refractivity contribution is -0.124. The zero-order chi connectivity index (χ0) is 11.0. The lowest BCUT2D eigenvalue weighted by Crippen LogP contribution is -2.39. The highest BCUT2D eigenvalue weighted by atomic mass is 16.2. The summed E-state index contributed by atoms with van der Waals surface area (Å²) in [7, 11) is 1.71. The van der Waals surface area contributed by atoms with Crippen LogP contribution in [0.2, 0.25) is 0 Å². The van der Waals surface area contributed by atoms with Gasteiger partial charge in [-0.3, -0.25) is 9.59 Å². The second-order valence-electron chi connectivity index (χ2n) is 3.33. The molecule has 82 valence electrons. The fourth-order valence-electron chi connectivity index (χ4n) is 0.815. The van der Waals surface area contributed by atoms with Gasteiger partial charge < -0.3 is 16.0 Å². The highest BCUT2D eigenvalue weighted by molar-refractivity contribution is 5.79. The normalized spacial score (nSPS) is 10.0. The van der Waals surface area contributed by atoms with Crippen LogP contribution in [0.15, 0.2) is 0 Å². The summed E-state index contributed by atoms with van der Waals surface area (Å²) in [6, 6.07) is 0. The zero-order valence-corrected chi connectivity index (χ0v) is 9.02. The van der Waals surface area contributed by atoms with Crippen molar-refractivity contribution in [1.82, 2.24) is 16.0 Å². The summed E-state index contributed by atoms with van der Waals surface area (Å²) in [5, 5.41) is 8.10. The quantitative estimate of drug-likeness (QED) is 0.487. The number of rotatable bonds is 6. The topological polar surface area (TPSA) is 70.2 Å². The number of amides is 2. The molecule has 14 heavy (non-hydrogen) atoms. The Hall–Kier alpha value is -1.10. The van der Waals surface area contributed by atoms with E-state index in [2.05, 4.69) is 16.0 Å². The van der Waals surface area contributed by atoms with Gasteiger partial charge in [-0.15, -0.1) is 0 Å². The molecule has 2 amide bonds. The van der Waals surface area contributed by atoms with Crippen LogP contribution in [0.3, 0.4) is 0 Å². The first-order chi connectivity index (χ1) is 6.57. The predicted molar refractivity (Wildman–Crippen MR) is 54.8 cm³/mol. The summed E-state index contributed by atoms with van der Waals surface area (Å²) >= 11 is 0. The van der Waals surface area contributed by atoms with E-state index >= 15 is 0 Å². The molecule has 0 aliphatic heterocycles. The Morgan fingerprint density at radius 2 is 1.71 bits per heavy atom. The summed E-state index contributed by atoms with van der Waals surface area (Å²) < 4.78 is 0. The Kier molecular flexibility index (Phi) is 6.74. The predicted octanol–water partition coefficient (Wildman–Crippen LogP) is -0.906. The Labute approximate surface area is 84.6 Å². The molecule has 0 saturated carbocycles. The minimum absolute atomic E-state index is 0.00728. The molecule has 0 aromatic heterocycles. The van der Waals surface area contributed by atoms with E-state index in [0.717, 1.165) is 0 Å². The molecule has 5 nitrogen and oxygen atoms in total. The summed E-state index contributed by atoms with van der Waals surface area (Å²) in [4.78, 5) is 22.0. The molecule has 3 N–H and O–H groups in total. The molecule has 0 heterocycles. The number of likely N-dealkylation sites (N-methyl/N-ethyl adjacent to an activating group) is 1. The molecule has 0 aromatic carbocycles. The van der Waals surface area contributed by atoms with Gasteiger partial charge in [0.15, 0.2) is 0 Å². The molecule has 0 fully saturated rings. The van der Waals surface area contributed by atoms with Crippen LogP contribution in [-0.2, 0) is 9.59 Å². The van der Waals surface area contributed by atoms with Gasteiger partial charge in [0.1, 0.15) is 0 Å². The van der Waals surface area contributed by atoms with Crippen LogP contribution in [0.1, 0.15) is 13.8 Å². The van der Waals surface area contributed by atoms with Crippen LogP contribution in [0.4, 0.5) is 0 Å². The van der Waals surface area contributed by atoms with Crippen molar-refractivity contribution in [2.45, 2.75) is 13.8 Å². The Bertz CT molecular complexity index is 192. The van der Waals surface area contributed by atoms with Crippen LogP contribution in [0.25, 0.3) is 0 Å². The molecule has 0 atom stereocenters. The van der Waals surface area contributed by atoms with E-state index in [0.29, 0.717) is 19.6 Å². The highest BCUT2D eigenvalue weighted by Crippen LogP contribution is 1.88. The van der Waals surface area contributed by atoms with Gasteiger partial charge in [0.25, 0.3) is 0 Å². The lowest BCUT2D eigenvalue weighted by atomic mass is 10.2. The summed E-state index contributed by atoms with van der Waals surface area (Å²) in [5.41, 5.74) is 0. The lowest BCUT2D eigenvalue weighted by Gasteiger charge is -2.08. The van der Waals surface area contributed by atoms with Gasteiger partial charge in [0, 0.05) is 19.0 Å². The third-order valence-corrected chi connectivity index (χ3v) is 1.61. The van der Waals surface area contributed by atoms with E-state index < -0.39 is 0 Å². The van der Waals surface area contributed by atoms with Crippen LogP contribution < -0.4 is 16.0 Å². The molecule has 0 bridgehead atoms. The number of carbonyl (C=O) groups excluding carboxylic acids is 2. The van der Waals surface area contributed by atoms with E-state index in [-0.39, 0.29) is 17.7 Å². The van der Waals surface area contributed by atoms with Crippen molar-refractivity contribution < 1.29 is 9.59 Å². The van der Waals surface area contributed by atoms with E-state index in [1.54, 1.807) is 7.05 Å². The van der Waals surface area contributed by atoms with Crippen LogP contribution in [0.5, 0.6) is 0 Å². The first kappa shape index (κ1) is 12.9. The summed E-state index contributed by atoms with van der Waals surface area (Å²) in [6.07, 6.45) is 0. The smallest absolute Gasteiger partial charge is 0.234 e. The van der Waals surface area contributed by atoms with Crippen molar-refractivity contribution in [1.29, 1.82) is 0 Å². The van der Waals surface area contributed by atoms with Crippen molar-refractivity contribution >= 4 is 11.8 Å². The van der Waals surface area contributed by atoms with Crippen molar-refractivity contribution in [3.63, 3.8) is 0 Å². The molecule has 0 spiro atoms. The molecule has 0 saturated heterocycles. The molecule has 0 unspecified atom stereocenters. The molecular formula is C9H19N3O2. The van der Waals surface area contributed by atoms with Gasteiger partial charge in [-0.25, -0.2) is 0 Å². The van der Waals surface area contributed by atoms with E-state index in [4.69, 9.17) is 0 Å². The fourth-order valence-corrected chi connectivity index (χ4v) is 0.815. The molecule has 0 radical (unpaired) electrons. The van der Waals surface area contributed by atoms with Gasteiger partial charge in [-0.1, -0.05) is 13.8 Å². The van der Waals surface area contributed by atoms with Crippen molar-refractivity contribution in [3.05, 3.63) is 0 Å². The first-order valence-electron chi connectivity index (χ1n) is 4.77. The molecule has 0 aliphatic carbocycles. The van der Waals surface area contributed by atoms with Gasteiger partial charge in [0.2, 0.25) is 11.8 Å². The maximum absolute atomic E-state index is 11.1. The van der Waals surface area contributed by atoms with Crippen molar-refractivity contribution in [3.8, 4) is 0 Å². The average molecular weight is 201 g/mol. The van der Waals surface area contributed by atoms with Crippen LogP contribution >= 0.6 is 0 Å². The van der Waals surface area contributed by atoms with Gasteiger partial charge in [-0.05, 0) is 7.05 Å². The van der Waals surface area contributed by atoms with Gasteiger partial charge >= 0.3 is 0 Å². The minimum Gasteiger partial charge on any atom is -0.354 e. The third-order valence-electron chi connectivity index (χ3n) is 1.61. The SMILES string of the molecule is CNCC(=O)NCCNC(=O)C(C)C. The van der Waals surface area contributed by atoms with E-state index in [9.17, 15) is 9.59 Å². The Balaban J connectivity index is 3.38. The second-order valence-corrected chi connectivity index (χ2v) is 3.33. The van der Waals surface area contributed by atoms with Gasteiger partial charge in [0.05, 0.1) is 6.54 Å². The molecule has 0 rings (SSSR count). The van der Waals surface area contributed by atoms with Crippen LogP contribution in [-0.4, -0.2) is 38.5 Å². The third kappa shape index (κ3) is 6.42. The largest absolute Gasteiger partial charge is 0.354 e. The molecule has 5 heteroatoms. The number of carbonyl (C=O) groups is 2. The van der Waals surface area contributed by atoms with E-state index in [1.165, 1.54) is 0 Å². The molecule has 0 aromatic rings. The standard InChI is InChI=1S/C9H19N3O2/c1-7(2)9(14)12-5-4-11-8(13)6-10-3/h7,10H,4-6H2,1-3H3,(H,11,13)(H,12,14). The minimum atomic E-state index is -0.0636. The Morgan fingerprint density at radius 1 is 1.14 bits per heavy atom. The molecular weight excluding hydrogens is 182 g/mol.